The summed E-state index contributed by atoms with van der Waals surface area (Å²) in [5.41, 5.74) is -1.10. The van der Waals surface area contributed by atoms with E-state index in [0.29, 0.717) is 54.9 Å². The number of esters is 12. The number of aliphatic hydroxyl groups excluding tert-OH is 1. The second-order valence-electron chi connectivity index (χ2n) is 34.6. The van der Waals surface area contributed by atoms with Crippen molar-refractivity contribution in [3.8, 4) is 0 Å². The maximum absolute atomic E-state index is 12.7. The first-order chi connectivity index (χ1) is 61.9. The van der Waals surface area contributed by atoms with Crippen molar-refractivity contribution in [3.05, 3.63) is 110 Å². The lowest BCUT2D eigenvalue weighted by Gasteiger charge is -2.59. The predicted molar refractivity (Wildman–Crippen MR) is 463 cm³/mol. The number of carbonyl (C=O) groups excluding carboxylic acids is 12. The van der Waals surface area contributed by atoms with E-state index >= 15 is 0 Å². The van der Waals surface area contributed by atoms with Crippen molar-refractivity contribution >= 4 is 79.7 Å². The van der Waals surface area contributed by atoms with Crippen LogP contribution in [-0.4, -0.2) is 209 Å². The summed E-state index contributed by atoms with van der Waals surface area (Å²) < 4.78 is 291. The first-order valence-electron chi connectivity index (χ1n) is 42.5. The molecule has 5 aliphatic carbocycles. The van der Waals surface area contributed by atoms with E-state index in [4.69, 9.17) is 23.7 Å². The largest absolute Gasteiger partial charge is 0.462 e. The van der Waals surface area contributed by atoms with Gasteiger partial charge in [0.15, 0.2) is 39.6 Å². The molecule has 0 aromatic heterocycles. The highest BCUT2D eigenvalue weighted by molar-refractivity contribution is 6.76. The van der Waals surface area contributed by atoms with E-state index in [1.54, 1.807) is 34.6 Å². The molecule has 0 heterocycles. The van der Waals surface area contributed by atoms with Crippen LogP contribution in [0.1, 0.15) is 219 Å². The lowest BCUT2D eigenvalue weighted by atomic mass is 9.50. The summed E-state index contributed by atoms with van der Waals surface area (Å²) in [6.07, 6.45) is -22.2. The van der Waals surface area contributed by atoms with Gasteiger partial charge in [-0.05, 0) is 196 Å². The Morgan fingerprint density at radius 1 is 0.445 bits per heavy atom. The smallest absolute Gasteiger partial charge is 0.434 e. The SMILES string of the molecule is C=C(C)C(=O)OC(C)(C)CCCC(F)(F)F.C=C(C)C(=O)OC(C)CC.C=C(C)C(=O)OC1(C(O)CCC(=O)OCC(C)(F)F)CCCCC1.C=C(C)C(=O)OC1(C)C2CC3CC(C2)CC1C3.C=C(C)C(=O)OCC(=O)OC(C(F)(F)F)C(F)(F)F.C=C(C)C(=O)OCC(=O)OCC(F)(F)F.C=C(C)C(=O)OCCCC.C=C(CC(=O)OCC(F)(F)F)C(=O)OCC(F)(F)F.C=CC[Si](C)(C)C. The lowest BCUT2D eigenvalue weighted by Crippen LogP contribution is -2.58. The molecule has 0 aromatic carbocycles. The summed E-state index contributed by atoms with van der Waals surface area (Å²) in [5, 5.41) is 10.5. The van der Waals surface area contributed by atoms with Crippen molar-refractivity contribution in [2.24, 2.45) is 23.7 Å². The lowest BCUT2D eigenvalue weighted by molar-refractivity contribution is -0.313. The van der Waals surface area contributed by atoms with Gasteiger partial charge in [0.1, 0.15) is 16.8 Å². The summed E-state index contributed by atoms with van der Waals surface area (Å²) in [6.45, 7) is 51.7. The Morgan fingerprint density at radius 3 is 1.19 bits per heavy atom. The van der Waals surface area contributed by atoms with Gasteiger partial charge in [-0.2, -0.15) is 79.0 Å². The highest BCUT2D eigenvalue weighted by atomic mass is 28.3. The molecule has 46 heteroatoms. The van der Waals surface area contributed by atoms with Crippen molar-refractivity contribution in [3.63, 3.8) is 0 Å². The third-order valence-corrected chi connectivity index (χ3v) is 20.0. The van der Waals surface area contributed by atoms with Gasteiger partial charge >= 0.3 is 109 Å². The van der Waals surface area contributed by atoms with E-state index < -0.39 is 186 Å². The Morgan fingerprint density at radius 2 is 0.832 bits per heavy atom. The number of allylic oxidation sites excluding steroid dienone is 1. The van der Waals surface area contributed by atoms with Crippen LogP contribution in [-0.2, 0) is 114 Å². The van der Waals surface area contributed by atoms with Crippen LogP contribution in [0.3, 0.4) is 0 Å². The fourth-order valence-corrected chi connectivity index (χ4v) is 12.4. The van der Waals surface area contributed by atoms with Gasteiger partial charge in [-0.25, -0.2) is 56.7 Å². The second-order valence-corrected chi connectivity index (χ2v) is 40.1. The Hall–Kier alpha value is -9.92. The van der Waals surface area contributed by atoms with E-state index in [1.807, 2.05) is 19.9 Å². The Balaban J connectivity index is -0.000000485. The number of aliphatic hydroxyl groups is 1. The first kappa shape index (κ1) is 136. The number of halogens is 20. The van der Waals surface area contributed by atoms with Gasteiger partial charge in [-0.3, -0.25) is 9.59 Å². The molecule has 5 fully saturated rings. The molecule has 0 saturated heterocycles. The van der Waals surface area contributed by atoms with Crippen LogP contribution < -0.4 is 0 Å². The van der Waals surface area contributed by atoms with Gasteiger partial charge in [0.25, 0.3) is 12.0 Å². The molecule has 0 spiro atoms. The van der Waals surface area contributed by atoms with Crippen LogP contribution in [0.2, 0.25) is 25.7 Å². The van der Waals surface area contributed by atoms with E-state index in [9.17, 15) is 150 Å². The van der Waals surface area contributed by atoms with Gasteiger partial charge < -0.3 is 61.9 Å². The van der Waals surface area contributed by atoms with Crippen molar-refractivity contribution in [1.29, 1.82) is 0 Å². The summed E-state index contributed by atoms with van der Waals surface area (Å²) in [5.74, 6) is -11.0. The molecule has 25 nitrogen and oxygen atoms in total. The number of unbranched alkanes of at least 4 members (excludes halogenated alkanes) is 1. The minimum Gasteiger partial charge on any atom is -0.462 e. The monoisotopic (exact) mass is 2030 g/mol. The molecule has 790 valence electrons. The minimum absolute atomic E-state index is 0.00389. The highest BCUT2D eigenvalue weighted by Gasteiger charge is 2.60. The maximum Gasteiger partial charge on any atom is 0.434 e. The molecule has 0 aliphatic heterocycles. The summed E-state index contributed by atoms with van der Waals surface area (Å²) >= 11 is 0. The number of carbonyl (C=O) groups is 12. The summed E-state index contributed by atoms with van der Waals surface area (Å²) in [4.78, 5) is 132. The second kappa shape index (κ2) is 62.9. The van der Waals surface area contributed by atoms with E-state index in [2.05, 4.69) is 126 Å². The van der Waals surface area contributed by atoms with Crippen molar-refractivity contribution < 1.29 is 207 Å². The third-order valence-electron chi connectivity index (χ3n) is 18.5. The molecule has 1 N–H and O–H groups in total. The summed E-state index contributed by atoms with van der Waals surface area (Å²) in [6, 6.07) is 1.24. The standard InChI is InChI=1S/C17H26F2O5.C15H22O2.C11H17F3O2.2C9H8F6O4.C8H9F3O4.2C8H14O2.C6H14Si/c1-12(2)15(22)24-17(9-5-4-6-10-17)13(20)7-8-14(21)23-11-16(3,18)19;1-9(2)14(16)17-15(3)12-5-10-4-11(7-12)8-13(15)6-10;1-8(2)9(15)16-10(3,4)6-5-7-11(12,13)14;1-5(7(17)19-4-9(13,14)15)2-6(16)18-3-8(10,11)12;1-4(2)6(17)18-3-5(16)19-7(8(10,11)12)9(13,14)15;1-5(2)7(13)14-3-6(12)15-4-8(9,10)11;1-5-7(4)10-8(9)6(2)3;1-4-5-6-10-8(9)7(2)3;1-5-6-7(2,3)4/h13,20H,1,4-11H2,2-3H3;10-13H,1,4-8H2,2-3H3;1,5-7H2,2-4H3;1-4H2;7H,1,3H2,2H3;1,3-4H2,2H3;7H,2,5H2,1,3-4H3;2,4-6H2,1,3H3;5H,1,6H2,2-4H3. The van der Waals surface area contributed by atoms with E-state index in [0.717, 1.165) is 50.4 Å². The number of rotatable bonds is 37. The van der Waals surface area contributed by atoms with Gasteiger partial charge in [0.2, 0.25) is 0 Å². The predicted octanol–water partition coefficient (Wildman–Crippen LogP) is 21.9. The van der Waals surface area contributed by atoms with Crippen molar-refractivity contribution in [2.75, 3.05) is 46.2 Å². The van der Waals surface area contributed by atoms with E-state index in [1.165, 1.54) is 65.8 Å². The molecule has 4 bridgehead atoms. The van der Waals surface area contributed by atoms with Crippen LogP contribution in [0, 0.1) is 23.7 Å². The maximum atomic E-state index is 12.7. The highest BCUT2D eigenvalue weighted by Crippen LogP contribution is 2.59. The number of hydrogen-bond donors (Lipinski definition) is 1. The molecule has 5 aliphatic rings. The fraction of sp³-hybridized carbons (Fsp3) is 0.670. The van der Waals surface area contributed by atoms with Gasteiger partial charge in [-0.15, -0.1) is 6.58 Å². The van der Waals surface area contributed by atoms with Crippen LogP contribution in [0.5, 0.6) is 0 Å². The molecule has 2 unspecified atom stereocenters. The molecule has 0 amide bonds. The average Bonchev–Trinajstić information content (AvgIpc) is 0.731. The molecule has 5 rings (SSSR count). The van der Waals surface area contributed by atoms with Crippen molar-refractivity contribution in [2.45, 2.75) is 323 Å². The van der Waals surface area contributed by atoms with Gasteiger partial charge in [0.05, 0.1) is 25.2 Å². The van der Waals surface area contributed by atoms with Crippen LogP contribution >= 0.6 is 0 Å². The summed E-state index contributed by atoms with van der Waals surface area (Å²) in [7, 11) is -0.775. The van der Waals surface area contributed by atoms with Crippen LogP contribution in [0.4, 0.5) is 87.8 Å². The fourth-order valence-electron chi connectivity index (χ4n) is 11.5. The molecular weight excluding hydrogens is 1900 g/mol. The van der Waals surface area contributed by atoms with Crippen LogP contribution in [0.25, 0.3) is 0 Å². The topological polar surface area (TPSA) is 336 Å². The molecule has 137 heavy (non-hydrogen) atoms. The number of hydrogen-bond acceptors (Lipinski definition) is 25. The molecule has 0 aromatic rings. The Kier molecular flexibility index (Phi) is 62.2. The van der Waals surface area contributed by atoms with Gasteiger partial charge in [0, 0.05) is 72.4 Å². The zero-order valence-corrected chi connectivity index (χ0v) is 81.4. The number of ether oxygens (including phenoxy) is 12. The first-order valence-corrected chi connectivity index (χ1v) is 46.2. The third kappa shape index (κ3) is 69.5. The van der Waals surface area contributed by atoms with E-state index in [-0.39, 0.29) is 77.6 Å². The normalized spacial score (nSPS) is 17.2. The van der Waals surface area contributed by atoms with Gasteiger partial charge in [-0.1, -0.05) is 105 Å². The average molecular weight is 2030 g/mol. The zero-order chi connectivity index (χ0) is 108. The number of alkyl halides is 20. The van der Waals surface area contributed by atoms with Crippen LogP contribution in [0.15, 0.2) is 110 Å². The zero-order valence-electron chi connectivity index (χ0n) is 80.4. The van der Waals surface area contributed by atoms with Crippen molar-refractivity contribution in [1.82, 2.24) is 0 Å². The Bertz CT molecular complexity index is 3930. The molecule has 2 atom stereocenters. The Labute approximate surface area is 786 Å². The molecular formula is C91H132F20O25Si. The molecule has 5 saturated carbocycles. The minimum atomic E-state index is -5.81. The molecule has 0 radical (unpaired) electrons. The quantitative estimate of drug-likeness (QED) is 0.0115.